The molecule has 0 radical (unpaired) electrons. The van der Waals surface area contributed by atoms with Crippen LogP contribution in [-0.4, -0.2) is 74.2 Å². The van der Waals surface area contributed by atoms with Crippen LogP contribution in [0, 0.1) is 0 Å². The number of hydrogen-bond acceptors (Lipinski definition) is 5. The van der Waals surface area contributed by atoms with E-state index in [4.69, 9.17) is 9.47 Å². The maximum Gasteiger partial charge on any atom is 0.416 e. The van der Waals surface area contributed by atoms with Crippen LogP contribution in [0.1, 0.15) is 25.3 Å². The molecule has 2 fully saturated rings. The van der Waals surface area contributed by atoms with E-state index in [-0.39, 0.29) is 11.9 Å². The number of halogens is 3. The molecular weight excluding hydrogens is 411 g/mol. The number of piperidine rings is 1. The second kappa shape index (κ2) is 8.98. The first-order valence-corrected chi connectivity index (χ1v) is 10.7. The summed E-state index contributed by atoms with van der Waals surface area (Å²) in [5.74, 6) is 0.721. The van der Waals surface area contributed by atoms with E-state index in [1.165, 1.54) is 12.1 Å². The van der Waals surface area contributed by atoms with E-state index in [2.05, 4.69) is 4.90 Å². The fourth-order valence-electron chi connectivity index (χ4n) is 4.52. The van der Waals surface area contributed by atoms with E-state index in [0.717, 1.165) is 32.0 Å². The van der Waals surface area contributed by atoms with Gasteiger partial charge in [0.25, 0.3) is 5.91 Å². The van der Waals surface area contributed by atoms with Crippen molar-refractivity contribution in [1.29, 1.82) is 0 Å². The highest BCUT2D eigenvalue weighted by atomic mass is 19.4. The van der Waals surface area contributed by atoms with Crippen molar-refractivity contribution in [2.45, 2.75) is 32.0 Å². The first-order valence-electron chi connectivity index (χ1n) is 10.7. The zero-order valence-corrected chi connectivity index (χ0v) is 17.7. The minimum absolute atomic E-state index is 0.121. The Morgan fingerprint density at radius 1 is 1.06 bits per heavy atom. The lowest BCUT2D eigenvalue weighted by molar-refractivity contribution is -0.137. The molecule has 3 aliphatic heterocycles. The lowest BCUT2D eigenvalue weighted by Gasteiger charge is -2.44. The predicted octanol–water partition coefficient (Wildman–Crippen LogP) is 3.10. The number of benzene rings is 1. The SMILES string of the molecule is CC1=C(C(=O)N2CCC[C@H](N3CCN(c4cccc(C(F)(F)F)c4)CC3)C2)OCCO1. The van der Waals surface area contributed by atoms with Gasteiger partial charge < -0.3 is 19.3 Å². The third-order valence-electron chi connectivity index (χ3n) is 6.22. The van der Waals surface area contributed by atoms with Gasteiger partial charge in [-0.3, -0.25) is 9.69 Å². The highest BCUT2D eigenvalue weighted by molar-refractivity contribution is 5.92. The van der Waals surface area contributed by atoms with Gasteiger partial charge in [-0.05, 0) is 38.0 Å². The van der Waals surface area contributed by atoms with E-state index in [0.29, 0.717) is 56.6 Å². The van der Waals surface area contributed by atoms with Gasteiger partial charge in [-0.15, -0.1) is 0 Å². The number of likely N-dealkylation sites (tertiary alicyclic amines) is 1. The largest absolute Gasteiger partial charge is 0.491 e. The molecule has 0 aromatic heterocycles. The smallest absolute Gasteiger partial charge is 0.416 e. The molecule has 2 saturated heterocycles. The number of amides is 1. The number of alkyl halides is 3. The van der Waals surface area contributed by atoms with Gasteiger partial charge in [-0.25, -0.2) is 0 Å². The summed E-state index contributed by atoms with van der Waals surface area (Å²) in [6.45, 7) is 6.74. The number of piperazine rings is 1. The molecule has 0 aliphatic carbocycles. The normalized spacial score (nSPS) is 23.4. The van der Waals surface area contributed by atoms with Gasteiger partial charge in [0.15, 0.2) is 0 Å². The molecule has 1 aromatic rings. The van der Waals surface area contributed by atoms with Crippen LogP contribution >= 0.6 is 0 Å². The fourth-order valence-corrected chi connectivity index (χ4v) is 4.52. The summed E-state index contributed by atoms with van der Waals surface area (Å²) < 4.78 is 50.1. The second-order valence-corrected chi connectivity index (χ2v) is 8.20. The second-order valence-electron chi connectivity index (χ2n) is 8.20. The van der Waals surface area contributed by atoms with Gasteiger partial charge in [0.1, 0.15) is 19.0 Å². The third-order valence-corrected chi connectivity index (χ3v) is 6.22. The number of hydrogen-bond donors (Lipinski definition) is 0. The van der Waals surface area contributed by atoms with Gasteiger partial charge in [0, 0.05) is 51.0 Å². The quantitative estimate of drug-likeness (QED) is 0.724. The van der Waals surface area contributed by atoms with Crippen molar-refractivity contribution in [1.82, 2.24) is 9.80 Å². The number of allylic oxidation sites excluding steroid dienone is 1. The van der Waals surface area contributed by atoms with Crippen molar-refractivity contribution in [2.75, 3.05) is 57.4 Å². The van der Waals surface area contributed by atoms with Crippen molar-refractivity contribution >= 4 is 11.6 Å². The molecule has 6 nitrogen and oxygen atoms in total. The van der Waals surface area contributed by atoms with E-state index < -0.39 is 11.7 Å². The molecule has 1 amide bonds. The Morgan fingerprint density at radius 2 is 1.81 bits per heavy atom. The summed E-state index contributed by atoms with van der Waals surface area (Å²) >= 11 is 0. The monoisotopic (exact) mass is 439 g/mol. The number of anilines is 1. The Balaban J connectivity index is 1.35. The fraction of sp³-hybridized carbons (Fsp3) is 0.591. The van der Waals surface area contributed by atoms with Gasteiger partial charge in [-0.1, -0.05) is 6.07 Å². The Morgan fingerprint density at radius 3 is 2.52 bits per heavy atom. The maximum atomic E-state index is 13.0. The van der Waals surface area contributed by atoms with Gasteiger partial charge >= 0.3 is 6.18 Å². The average Bonchev–Trinajstić information content (AvgIpc) is 2.79. The standard InChI is InChI=1S/C22H28F3N3O3/c1-16-20(31-13-12-30-16)21(29)28-7-3-6-19(15-28)27-10-8-26(9-11-27)18-5-2-4-17(14-18)22(23,24)25/h2,4-5,14,19H,3,6-13,15H2,1H3/t19-/m0/s1. The van der Waals surface area contributed by atoms with Crippen molar-refractivity contribution in [3.05, 3.63) is 41.3 Å². The topological polar surface area (TPSA) is 45.3 Å². The van der Waals surface area contributed by atoms with Crippen LogP contribution < -0.4 is 4.90 Å². The van der Waals surface area contributed by atoms with E-state index in [1.54, 1.807) is 13.0 Å². The summed E-state index contributed by atoms with van der Waals surface area (Å²) in [4.78, 5) is 19.1. The number of ether oxygens (including phenoxy) is 2. The molecule has 0 N–H and O–H groups in total. The molecule has 31 heavy (non-hydrogen) atoms. The molecule has 0 bridgehead atoms. The lowest BCUT2D eigenvalue weighted by Crippen LogP contribution is -2.56. The predicted molar refractivity (Wildman–Crippen MR) is 109 cm³/mol. The molecule has 0 saturated carbocycles. The number of carbonyl (C=O) groups is 1. The highest BCUT2D eigenvalue weighted by Crippen LogP contribution is 2.32. The summed E-state index contributed by atoms with van der Waals surface area (Å²) in [7, 11) is 0. The average molecular weight is 439 g/mol. The molecule has 0 spiro atoms. The molecular formula is C22H28F3N3O3. The van der Waals surface area contributed by atoms with Gasteiger partial charge in [0.05, 0.1) is 5.56 Å². The molecule has 3 heterocycles. The van der Waals surface area contributed by atoms with Crippen molar-refractivity contribution in [3.8, 4) is 0 Å². The summed E-state index contributed by atoms with van der Waals surface area (Å²) in [5, 5.41) is 0. The summed E-state index contributed by atoms with van der Waals surface area (Å²) in [6, 6.07) is 5.76. The number of nitrogens with zero attached hydrogens (tertiary/aromatic N) is 3. The Kier molecular flexibility index (Phi) is 6.31. The van der Waals surface area contributed by atoms with E-state index >= 15 is 0 Å². The summed E-state index contributed by atoms with van der Waals surface area (Å²) in [6.07, 6.45) is -2.42. The van der Waals surface area contributed by atoms with Crippen LogP contribution in [0.15, 0.2) is 35.8 Å². The molecule has 1 aromatic carbocycles. The Bertz CT molecular complexity index is 835. The summed E-state index contributed by atoms with van der Waals surface area (Å²) in [5.41, 5.74) is -0.0147. The van der Waals surface area contributed by atoms with Gasteiger partial charge in [0.2, 0.25) is 5.76 Å². The van der Waals surface area contributed by atoms with Crippen molar-refractivity contribution in [3.63, 3.8) is 0 Å². The van der Waals surface area contributed by atoms with Crippen LogP contribution in [0.5, 0.6) is 0 Å². The highest BCUT2D eigenvalue weighted by Gasteiger charge is 2.34. The molecule has 170 valence electrons. The van der Waals surface area contributed by atoms with Crippen LogP contribution in [0.3, 0.4) is 0 Å². The third kappa shape index (κ3) is 4.92. The van der Waals surface area contributed by atoms with E-state index in [9.17, 15) is 18.0 Å². The molecule has 4 rings (SSSR count). The van der Waals surface area contributed by atoms with Crippen LogP contribution in [0.2, 0.25) is 0 Å². The molecule has 0 unspecified atom stereocenters. The van der Waals surface area contributed by atoms with Gasteiger partial charge in [-0.2, -0.15) is 13.2 Å². The minimum Gasteiger partial charge on any atom is -0.491 e. The zero-order chi connectivity index (χ0) is 22.0. The van der Waals surface area contributed by atoms with Crippen LogP contribution in [0.4, 0.5) is 18.9 Å². The number of carbonyl (C=O) groups excluding carboxylic acids is 1. The Hall–Kier alpha value is -2.42. The van der Waals surface area contributed by atoms with Crippen LogP contribution in [0.25, 0.3) is 0 Å². The Labute approximate surface area is 180 Å². The number of rotatable bonds is 3. The molecule has 1 atom stereocenters. The van der Waals surface area contributed by atoms with Crippen molar-refractivity contribution < 1.29 is 27.4 Å². The zero-order valence-electron chi connectivity index (χ0n) is 17.7. The maximum absolute atomic E-state index is 13.0. The first kappa shape index (κ1) is 21.8. The van der Waals surface area contributed by atoms with Crippen molar-refractivity contribution in [2.24, 2.45) is 0 Å². The van der Waals surface area contributed by atoms with E-state index in [1.807, 2.05) is 9.80 Å². The first-order chi connectivity index (χ1) is 14.8. The minimum atomic E-state index is -4.34. The lowest BCUT2D eigenvalue weighted by atomic mass is 10.0. The van der Waals surface area contributed by atoms with Crippen LogP contribution in [-0.2, 0) is 20.4 Å². The molecule has 3 aliphatic rings. The molecule has 9 heteroatoms.